The van der Waals surface area contributed by atoms with Gasteiger partial charge >= 0.3 is 0 Å². The average molecular weight is 394 g/mol. The van der Waals surface area contributed by atoms with Crippen molar-refractivity contribution >= 4 is 16.8 Å². The Labute approximate surface area is 169 Å². The van der Waals surface area contributed by atoms with E-state index >= 15 is 0 Å². The number of rotatable bonds is 7. The molecule has 0 radical (unpaired) electrons. The summed E-state index contributed by atoms with van der Waals surface area (Å²) in [5.41, 5.74) is 2.40. The van der Waals surface area contributed by atoms with Crippen molar-refractivity contribution in [1.29, 1.82) is 0 Å². The van der Waals surface area contributed by atoms with E-state index in [-0.39, 0.29) is 11.5 Å². The first-order valence-corrected chi connectivity index (χ1v) is 9.59. The van der Waals surface area contributed by atoms with Gasteiger partial charge in [0.05, 0.1) is 16.6 Å². The molecule has 0 unspecified atom stereocenters. The Hall–Kier alpha value is -3.19. The topological polar surface area (TPSA) is 76.5 Å². The molecular weight excluding hydrogens is 368 g/mol. The normalized spacial score (nSPS) is 11.1. The molecule has 3 aromatic rings. The van der Waals surface area contributed by atoms with E-state index in [2.05, 4.69) is 10.3 Å². The molecule has 1 aromatic heterocycles. The molecule has 0 saturated carbocycles. The van der Waals surface area contributed by atoms with Crippen molar-refractivity contribution in [3.8, 4) is 11.4 Å². The fourth-order valence-electron chi connectivity index (χ4n) is 2.98. The monoisotopic (exact) mass is 394 g/mol. The first-order chi connectivity index (χ1) is 13.9. The molecule has 1 heterocycles. The molecule has 7 nitrogen and oxygen atoms in total. The van der Waals surface area contributed by atoms with Gasteiger partial charge in [-0.2, -0.15) is 0 Å². The first-order valence-electron chi connectivity index (χ1n) is 9.59. The lowest BCUT2D eigenvalue weighted by atomic mass is 10.1. The Kier molecular flexibility index (Phi) is 6.29. The maximum atomic E-state index is 13.2. The van der Waals surface area contributed by atoms with Gasteiger partial charge in [-0.15, -0.1) is 0 Å². The second-order valence-electron chi connectivity index (χ2n) is 7.11. The molecule has 0 atom stereocenters. The zero-order valence-corrected chi connectivity index (χ0v) is 17.2. The lowest BCUT2D eigenvalue weighted by Crippen LogP contribution is -2.24. The molecule has 29 heavy (non-hydrogen) atoms. The highest BCUT2D eigenvalue weighted by molar-refractivity contribution is 5.94. The summed E-state index contributed by atoms with van der Waals surface area (Å²) in [5.74, 6) is 0.455. The molecule has 0 saturated heterocycles. The van der Waals surface area contributed by atoms with E-state index < -0.39 is 0 Å². The van der Waals surface area contributed by atoms with Crippen molar-refractivity contribution in [2.24, 2.45) is 0 Å². The number of amides is 1. The summed E-state index contributed by atoms with van der Waals surface area (Å²) in [7, 11) is 3.95. The maximum absolute atomic E-state index is 13.2. The third-order valence-electron chi connectivity index (χ3n) is 4.60. The van der Waals surface area contributed by atoms with Crippen molar-refractivity contribution in [2.75, 3.05) is 33.8 Å². The predicted molar refractivity (Wildman–Crippen MR) is 114 cm³/mol. The molecule has 1 N–H and O–H groups in total. The minimum atomic E-state index is -0.204. The second kappa shape index (κ2) is 8.87. The van der Waals surface area contributed by atoms with Crippen LogP contribution in [0, 0.1) is 6.92 Å². The molecule has 0 aliphatic carbocycles. The van der Waals surface area contributed by atoms with E-state index in [0.717, 1.165) is 12.1 Å². The fraction of sp³-hybridized carbons (Fsp3) is 0.318. The molecule has 152 valence electrons. The van der Waals surface area contributed by atoms with Crippen LogP contribution in [0.2, 0.25) is 0 Å². The zero-order chi connectivity index (χ0) is 21.0. The van der Waals surface area contributed by atoms with Crippen LogP contribution in [0.1, 0.15) is 22.8 Å². The summed E-state index contributed by atoms with van der Waals surface area (Å²) in [4.78, 5) is 31.8. The van der Waals surface area contributed by atoms with E-state index in [1.807, 2.05) is 45.0 Å². The van der Waals surface area contributed by atoms with Crippen LogP contribution in [-0.2, 0) is 0 Å². The van der Waals surface area contributed by atoms with E-state index in [0.29, 0.717) is 41.1 Å². The molecule has 0 aliphatic heterocycles. The summed E-state index contributed by atoms with van der Waals surface area (Å²) in [5, 5.41) is 3.25. The van der Waals surface area contributed by atoms with Crippen molar-refractivity contribution in [3.05, 3.63) is 64.2 Å². The molecular formula is C22H26N4O3. The molecule has 1 amide bonds. The predicted octanol–water partition coefficient (Wildman–Crippen LogP) is 2.38. The molecule has 0 aliphatic rings. The smallest absolute Gasteiger partial charge is 0.265 e. The summed E-state index contributed by atoms with van der Waals surface area (Å²) in [6, 6.07) is 10.6. The highest BCUT2D eigenvalue weighted by Crippen LogP contribution is 2.19. The summed E-state index contributed by atoms with van der Waals surface area (Å²) < 4.78 is 7.23. The number of carbonyl (C=O) groups is 1. The number of nitrogens with zero attached hydrogens (tertiary/aromatic N) is 3. The number of hydrogen-bond acceptors (Lipinski definition) is 5. The molecule has 2 aromatic carbocycles. The van der Waals surface area contributed by atoms with Crippen LogP contribution in [0.3, 0.4) is 0 Å². The Bertz CT molecular complexity index is 1090. The van der Waals surface area contributed by atoms with Crippen LogP contribution in [0.15, 0.2) is 47.5 Å². The van der Waals surface area contributed by atoms with Gasteiger partial charge in [0.15, 0.2) is 0 Å². The summed E-state index contributed by atoms with van der Waals surface area (Å²) in [6.45, 7) is 5.61. The number of aryl methyl sites for hydroxylation is 1. The third-order valence-corrected chi connectivity index (χ3v) is 4.60. The van der Waals surface area contributed by atoms with Crippen LogP contribution >= 0.6 is 0 Å². The number of aromatic nitrogens is 2. The van der Waals surface area contributed by atoms with Gasteiger partial charge in [0.1, 0.15) is 18.7 Å². The number of carbonyl (C=O) groups excluding carboxylic acids is 1. The largest absolute Gasteiger partial charge is 0.492 e. The standard InChI is InChI=1S/C22H26N4O3/c1-5-23-21(27)16-7-6-15(2)20(12-16)26-14-24-19-9-8-17(13-18(19)22(26)28)29-11-10-25(3)4/h6-9,12-14H,5,10-11H2,1-4H3,(H,23,27). The van der Waals surface area contributed by atoms with E-state index in [4.69, 9.17) is 4.74 Å². The van der Waals surface area contributed by atoms with Gasteiger partial charge in [-0.3, -0.25) is 14.2 Å². The van der Waals surface area contributed by atoms with Crippen molar-refractivity contribution in [3.63, 3.8) is 0 Å². The highest BCUT2D eigenvalue weighted by Gasteiger charge is 2.12. The molecule has 3 rings (SSSR count). The summed E-state index contributed by atoms with van der Waals surface area (Å²) >= 11 is 0. The van der Waals surface area contributed by atoms with Crippen LogP contribution < -0.4 is 15.6 Å². The first kappa shape index (κ1) is 20.5. The molecule has 0 fully saturated rings. The van der Waals surface area contributed by atoms with Crippen LogP contribution in [0.5, 0.6) is 5.75 Å². The van der Waals surface area contributed by atoms with Gasteiger partial charge in [-0.05, 0) is 63.8 Å². The summed E-state index contributed by atoms with van der Waals surface area (Å²) in [6.07, 6.45) is 1.50. The highest BCUT2D eigenvalue weighted by atomic mass is 16.5. The van der Waals surface area contributed by atoms with Crippen molar-refractivity contribution < 1.29 is 9.53 Å². The lowest BCUT2D eigenvalue weighted by Gasteiger charge is -2.13. The minimum Gasteiger partial charge on any atom is -0.492 e. The van der Waals surface area contributed by atoms with Gasteiger partial charge < -0.3 is 15.0 Å². The molecule has 0 spiro atoms. The number of ether oxygens (including phenoxy) is 1. The van der Waals surface area contributed by atoms with Crippen LogP contribution in [0.4, 0.5) is 0 Å². The van der Waals surface area contributed by atoms with Crippen molar-refractivity contribution in [2.45, 2.75) is 13.8 Å². The number of benzene rings is 2. The number of hydrogen-bond donors (Lipinski definition) is 1. The Balaban J connectivity index is 2.02. The quantitative estimate of drug-likeness (QED) is 0.666. The fourth-order valence-corrected chi connectivity index (χ4v) is 2.98. The van der Waals surface area contributed by atoms with Crippen LogP contribution in [0.25, 0.3) is 16.6 Å². The van der Waals surface area contributed by atoms with Crippen molar-refractivity contribution in [1.82, 2.24) is 19.8 Å². The van der Waals surface area contributed by atoms with Crippen LogP contribution in [-0.4, -0.2) is 54.1 Å². The minimum absolute atomic E-state index is 0.174. The second-order valence-corrected chi connectivity index (χ2v) is 7.11. The maximum Gasteiger partial charge on any atom is 0.265 e. The van der Waals surface area contributed by atoms with Gasteiger partial charge in [0.2, 0.25) is 0 Å². The van der Waals surface area contributed by atoms with Gasteiger partial charge in [-0.25, -0.2) is 4.98 Å². The van der Waals surface area contributed by atoms with Gasteiger partial charge in [0, 0.05) is 18.7 Å². The Morgan fingerprint density at radius 3 is 2.72 bits per heavy atom. The zero-order valence-electron chi connectivity index (χ0n) is 17.2. The average Bonchev–Trinajstić information content (AvgIpc) is 2.69. The van der Waals surface area contributed by atoms with E-state index in [1.165, 1.54) is 10.9 Å². The Morgan fingerprint density at radius 1 is 1.21 bits per heavy atom. The lowest BCUT2D eigenvalue weighted by molar-refractivity contribution is 0.0956. The Morgan fingerprint density at radius 2 is 2.00 bits per heavy atom. The number of nitrogens with one attached hydrogen (secondary N) is 1. The van der Waals surface area contributed by atoms with Gasteiger partial charge in [0.25, 0.3) is 11.5 Å². The van der Waals surface area contributed by atoms with E-state index in [1.54, 1.807) is 24.3 Å². The molecule has 0 bridgehead atoms. The third kappa shape index (κ3) is 4.63. The number of likely N-dealkylation sites (N-methyl/N-ethyl adjacent to an activating group) is 1. The SMILES string of the molecule is CCNC(=O)c1ccc(C)c(-n2cnc3ccc(OCCN(C)C)cc3c2=O)c1. The number of fused-ring (bicyclic) bond motifs is 1. The van der Waals surface area contributed by atoms with Gasteiger partial charge in [-0.1, -0.05) is 6.07 Å². The molecule has 7 heteroatoms. The van der Waals surface area contributed by atoms with E-state index in [9.17, 15) is 9.59 Å².